The lowest BCUT2D eigenvalue weighted by Crippen LogP contribution is -2.52. The number of rotatable bonds is 0. The monoisotopic (exact) mass is 326 g/mol. The lowest BCUT2D eigenvalue weighted by atomic mass is 9.46. The third kappa shape index (κ3) is 1.89. The van der Waals surface area contributed by atoms with Gasteiger partial charge in [0.25, 0.3) is 0 Å². The van der Waals surface area contributed by atoms with Crippen molar-refractivity contribution in [2.45, 2.75) is 65.9 Å². The van der Waals surface area contributed by atoms with Crippen molar-refractivity contribution >= 4 is 5.78 Å². The summed E-state index contributed by atoms with van der Waals surface area (Å²) in [6, 6.07) is 0. The van der Waals surface area contributed by atoms with E-state index in [4.69, 9.17) is 0 Å². The van der Waals surface area contributed by atoms with Crippen LogP contribution in [0.25, 0.3) is 0 Å². The smallest absolute Gasteiger partial charge is 0.178 e. The zero-order chi connectivity index (χ0) is 17.3. The minimum Gasteiger partial charge on any atom is -0.393 e. The SMILES string of the molecule is CC=C1C[C@@H]2[C@H](CC[C@]3(C)[C@@H](O)CC[C@@H]23)[C@@]2(C)C(C)=CC(=O)C=C12. The summed E-state index contributed by atoms with van der Waals surface area (Å²) < 4.78 is 0. The highest BCUT2D eigenvalue weighted by Crippen LogP contribution is 2.66. The molecule has 24 heavy (non-hydrogen) atoms. The largest absolute Gasteiger partial charge is 0.393 e. The molecule has 0 aromatic heterocycles. The van der Waals surface area contributed by atoms with Crippen molar-refractivity contribution in [3.8, 4) is 0 Å². The molecule has 4 rings (SSSR count). The predicted molar refractivity (Wildman–Crippen MR) is 96.4 cm³/mol. The molecule has 0 aromatic carbocycles. The summed E-state index contributed by atoms with van der Waals surface area (Å²) >= 11 is 0. The second-order valence-electron chi connectivity index (χ2n) is 9.02. The molecule has 0 spiro atoms. The molecule has 4 aliphatic carbocycles. The van der Waals surface area contributed by atoms with Gasteiger partial charge in [0.1, 0.15) is 0 Å². The van der Waals surface area contributed by atoms with E-state index in [1.165, 1.54) is 23.1 Å². The molecule has 1 N–H and O–H groups in total. The van der Waals surface area contributed by atoms with Crippen molar-refractivity contribution in [2.24, 2.45) is 28.6 Å². The molecule has 0 heterocycles. The van der Waals surface area contributed by atoms with Gasteiger partial charge >= 0.3 is 0 Å². The van der Waals surface area contributed by atoms with Gasteiger partial charge in [0.2, 0.25) is 0 Å². The average Bonchev–Trinajstić information content (AvgIpc) is 2.84. The summed E-state index contributed by atoms with van der Waals surface area (Å²) in [6.07, 6.45) is 11.3. The van der Waals surface area contributed by atoms with Crippen LogP contribution in [-0.2, 0) is 4.79 Å². The summed E-state index contributed by atoms with van der Waals surface area (Å²) in [4.78, 5) is 12.2. The molecule has 6 atom stereocenters. The molecule has 0 unspecified atom stereocenters. The topological polar surface area (TPSA) is 37.3 Å². The van der Waals surface area contributed by atoms with E-state index in [2.05, 4.69) is 33.8 Å². The Balaban J connectivity index is 1.82. The number of fused-ring (bicyclic) bond motifs is 5. The molecular weight excluding hydrogens is 296 g/mol. The Hall–Kier alpha value is -1.15. The van der Waals surface area contributed by atoms with Crippen molar-refractivity contribution in [1.82, 2.24) is 0 Å². The number of allylic oxidation sites excluding steroid dienone is 6. The van der Waals surface area contributed by atoms with E-state index in [9.17, 15) is 9.90 Å². The van der Waals surface area contributed by atoms with Crippen LogP contribution in [0, 0.1) is 28.6 Å². The highest BCUT2D eigenvalue weighted by molar-refractivity contribution is 6.02. The van der Waals surface area contributed by atoms with Gasteiger partial charge in [-0.3, -0.25) is 4.79 Å². The number of aliphatic hydroxyl groups is 1. The van der Waals surface area contributed by atoms with Crippen molar-refractivity contribution in [3.63, 3.8) is 0 Å². The van der Waals surface area contributed by atoms with Crippen molar-refractivity contribution in [1.29, 1.82) is 0 Å². The van der Waals surface area contributed by atoms with E-state index in [-0.39, 0.29) is 22.7 Å². The van der Waals surface area contributed by atoms with Gasteiger partial charge in [0.15, 0.2) is 5.78 Å². The maximum absolute atomic E-state index is 12.2. The first-order valence-corrected chi connectivity index (χ1v) is 9.61. The maximum atomic E-state index is 12.2. The number of hydrogen-bond donors (Lipinski definition) is 1. The summed E-state index contributed by atoms with van der Waals surface area (Å²) in [5.74, 6) is 1.99. The lowest BCUT2D eigenvalue weighted by Gasteiger charge is -2.58. The van der Waals surface area contributed by atoms with Crippen LogP contribution >= 0.6 is 0 Å². The fraction of sp³-hybridized carbons (Fsp3) is 0.682. The number of hydrogen-bond acceptors (Lipinski definition) is 2. The molecule has 3 fully saturated rings. The van der Waals surface area contributed by atoms with Crippen LogP contribution in [0.2, 0.25) is 0 Å². The Bertz CT molecular complexity index is 682. The second kappa shape index (κ2) is 5.17. The minimum atomic E-state index is -0.133. The zero-order valence-corrected chi connectivity index (χ0v) is 15.4. The van der Waals surface area contributed by atoms with Gasteiger partial charge < -0.3 is 5.11 Å². The Labute approximate surface area is 145 Å². The Morgan fingerprint density at radius 2 is 1.92 bits per heavy atom. The summed E-state index contributed by atoms with van der Waals surface area (Å²) in [5, 5.41) is 10.6. The number of ketones is 1. The second-order valence-corrected chi connectivity index (χ2v) is 9.02. The van der Waals surface area contributed by atoms with Crippen LogP contribution < -0.4 is 0 Å². The quantitative estimate of drug-likeness (QED) is 0.706. The molecule has 4 aliphatic rings. The molecule has 0 aliphatic heterocycles. The van der Waals surface area contributed by atoms with Crippen LogP contribution in [0.15, 0.2) is 34.9 Å². The van der Waals surface area contributed by atoms with Crippen LogP contribution in [0.4, 0.5) is 0 Å². The molecule has 0 bridgehead atoms. The van der Waals surface area contributed by atoms with E-state index in [1.54, 1.807) is 0 Å². The van der Waals surface area contributed by atoms with E-state index >= 15 is 0 Å². The number of carbonyl (C=O) groups is 1. The summed E-state index contributed by atoms with van der Waals surface area (Å²) in [7, 11) is 0. The standard InChI is InChI=1S/C22H30O2/c1-5-14-11-16-17-6-7-20(24)21(17,3)9-8-18(16)22(4)13(2)10-15(23)12-19(14)22/h5,10,12,16-18,20,24H,6-9,11H2,1-4H3/t16-,17-,18-,20-,21-,22+/m0/s1. The third-order valence-corrected chi connectivity index (χ3v) is 8.30. The van der Waals surface area contributed by atoms with Crippen molar-refractivity contribution in [2.75, 3.05) is 0 Å². The number of aliphatic hydroxyl groups excluding tert-OH is 1. The van der Waals surface area contributed by atoms with Crippen molar-refractivity contribution in [3.05, 3.63) is 34.9 Å². The normalized spacial score (nSPS) is 49.2. The van der Waals surface area contributed by atoms with E-state index < -0.39 is 0 Å². The first-order valence-electron chi connectivity index (χ1n) is 9.61. The third-order valence-electron chi connectivity index (χ3n) is 8.30. The summed E-state index contributed by atoms with van der Waals surface area (Å²) in [6.45, 7) is 8.95. The molecule has 2 heteroatoms. The van der Waals surface area contributed by atoms with E-state index in [1.807, 2.05) is 12.2 Å². The predicted octanol–water partition coefficient (Wildman–Crippen LogP) is 4.60. The van der Waals surface area contributed by atoms with Gasteiger partial charge in [-0.15, -0.1) is 0 Å². The lowest BCUT2D eigenvalue weighted by molar-refractivity contribution is -0.111. The van der Waals surface area contributed by atoms with Crippen LogP contribution in [0.1, 0.15) is 59.8 Å². The minimum absolute atomic E-state index is 0.00641. The average molecular weight is 326 g/mol. The highest BCUT2D eigenvalue weighted by Gasteiger charge is 2.59. The molecule has 0 amide bonds. The Morgan fingerprint density at radius 3 is 2.62 bits per heavy atom. The maximum Gasteiger partial charge on any atom is 0.178 e. The van der Waals surface area contributed by atoms with Crippen molar-refractivity contribution < 1.29 is 9.90 Å². The number of carbonyl (C=O) groups excluding carboxylic acids is 1. The van der Waals surface area contributed by atoms with E-state index in [0.717, 1.165) is 25.7 Å². The van der Waals surface area contributed by atoms with Gasteiger partial charge in [-0.1, -0.05) is 25.5 Å². The van der Waals surface area contributed by atoms with Gasteiger partial charge in [-0.25, -0.2) is 0 Å². The fourth-order valence-corrected chi connectivity index (χ4v) is 6.73. The molecule has 130 valence electrons. The van der Waals surface area contributed by atoms with E-state index in [0.29, 0.717) is 17.8 Å². The zero-order valence-electron chi connectivity index (χ0n) is 15.4. The molecule has 0 radical (unpaired) electrons. The molecule has 0 aromatic rings. The van der Waals surface area contributed by atoms with Crippen LogP contribution in [-0.4, -0.2) is 17.0 Å². The Kier molecular flexibility index (Phi) is 3.52. The molecule has 0 saturated heterocycles. The van der Waals surface area contributed by atoms with Crippen LogP contribution in [0.5, 0.6) is 0 Å². The molecule has 2 nitrogen and oxygen atoms in total. The fourth-order valence-electron chi connectivity index (χ4n) is 6.73. The first-order chi connectivity index (χ1) is 11.3. The molecular formula is C22H30O2. The molecule has 3 saturated carbocycles. The van der Waals surface area contributed by atoms with Gasteiger partial charge in [0.05, 0.1) is 6.10 Å². The highest BCUT2D eigenvalue weighted by atomic mass is 16.3. The van der Waals surface area contributed by atoms with Gasteiger partial charge in [-0.05, 0) is 92.4 Å². The van der Waals surface area contributed by atoms with Gasteiger partial charge in [0, 0.05) is 5.41 Å². The Morgan fingerprint density at radius 1 is 1.17 bits per heavy atom. The van der Waals surface area contributed by atoms with Crippen LogP contribution in [0.3, 0.4) is 0 Å². The first kappa shape index (κ1) is 16.3. The summed E-state index contributed by atoms with van der Waals surface area (Å²) in [5.41, 5.74) is 3.97. The van der Waals surface area contributed by atoms with Gasteiger partial charge in [-0.2, -0.15) is 0 Å².